The maximum absolute atomic E-state index is 11.2. The first-order chi connectivity index (χ1) is 17.8. The lowest BCUT2D eigenvalue weighted by molar-refractivity contribution is 0.0697. The predicted octanol–water partition coefficient (Wildman–Crippen LogP) is 4.86. The fourth-order valence-corrected chi connectivity index (χ4v) is 4.01. The largest absolute Gasteiger partial charge is 0.491 e. The molecular formula is C30H30N2O5. The average molecular weight is 499 g/mol. The number of aromatic carboxylic acids is 1. The molecule has 0 aliphatic rings. The number of rotatable bonds is 10. The molecule has 1 N–H and O–H groups in total. The summed E-state index contributed by atoms with van der Waals surface area (Å²) in [6.07, 6.45) is 2.85. The highest BCUT2D eigenvalue weighted by molar-refractivity contribution is 5.87. The van der Waals surface area contributed by atoms with Crippen LogP contribution in [0, 0.1) is 6.92 Å². The smallest absolute Gasteiger partial charge is 0.335 e. The van der Waals surface area contributed by atoms with E-state index in [4.69, 9.17) is 19.0 Å². The van der Waals surface area contributed by atoms with Gasteiger partial charge in [0, 0.05) is 5.22 Å². The third kappa shape index (κ3) is 5.67. The highest BCUT2D eigenvalue weighted by atomic mass is 16.5. The fraction of sp³-hybridized carbons (Fsp3) is 0.200. The normalized spacial score (nSPS) is 11.5. The first-order valence-corrected chi connectivity index (χ1v) is 12.1. The van der Waals surface area contributed by atoms with E-state index in [0.29, 0.717) is 30.5 Å². The molecule has 2 aromatic carbocycles. The Labute approximate surface area is 215 Å². The average Bonchev–Trinajstić information content (AvgIpc) is 3.48. The summed E-state index contributed by atoms with van der Waals surface area (Å²) in [6.45, 7) is 14.8. The maximum atomic E-state index is 11.2. The second-order valence-electron chi connectivity index (χ2n) is 8.49. The molecule has 4 aromatic rings. The first kappa shape index (κ1) is 25.6. The number of carbonyl (C=O) groups is 1. The Morgan fingerprint density at radius 3 is 2.57 bits per heavy atom. The van der Waals surface area contributed by atoms with Crippen molar-refractivity contribution in [1.29, 1.82) is 0 Å². The molecule has 0 aliphatic carbocycles. The van der Waals surface area contributed by atoms with Crippen molar-refractivity contribution in [3.05, 3.63) is 106 Å². The summed E-state index contributed by atoms with van der Waals surface area (Å²) in [7, 11) is 0. The van der Waals surface area contributed by atoms with Crippen LogP contribution in [0.5, 0.6) is 5.75 Å². The number of carboxylic acids is 1. The zero-order chi connectivity index (χ0) is 26.5. The van der Waals surface area contributed by atoms with Crippen LogP contribution in [0.25, 0.3) is 24.1 Å². The van der Waals surface area contributed by atoms with Crippen molar-refractivity contribution in [3.8, 4) is 11.4 Å². The summed E-state index contributed by atoms with van der Waals surface area (Å²) in [5.74, 6) is 1.62. The monoisotopic (exact) mass is 498 g/mol. The number of ether oxygens (including phenoxy) is 2. The molecule has 0 atom stereocenters. The van der Waals surface area contributed by atoms with Gasteiger partial charge in [-0.3, -0.25) is 0 Å². The highest BCUT2D eigenvalue weighted by Crippen LogP contribution is 2.24. The van der Waals surface area contributed by atoms with Crippen LogP contribution in [0.4, 0.5) is 0 Å². The van der Waals surface area contributed by atoms with E-state index >= 15 is 0 Å². The number of hydrogen-bond donors (Lipinski definition) is 1. The van der Waals surface area contributed by atoms with Crippen LogP contribution >= 0.6 is 0 Å². The molecular weight excluding hydrogens is 468 g/mol. The first-order valence-electron chi connectivity index (χ1n) is 12.1. The topological polar surface area (TPSA) is 86.7 Å². The van der Waals surface area contributed by atoms with Gasteiger partial charge in [-0.15, -0.1) is 0 Å². The van der Waals surface area contributed by atoms with Gasteiger partial charge in [-0.2, -0.15) is 5.10 Å². The number of carboxylic acid groups (broad SMARTS) is 1. The summed E-state index contributed by atoms with van der Waals surface area (Å²) < 4.78 is 19.0. The Morgan fingerprint density at radius 2 is 1.89 bits per heavy atom. The molecule has 0 saturated carbocycles. The van der Waals surface area contributed by atoms with Gasteiger partial charge in [0.15, 0.2) is 11.5 Å². The van der Waals surface area contributed by atoms with Gasteiger partial charge in [-0.05, 0) is 86.0 Å². The van der Waals surface area contributed by atoms with Crippen molar-refractivity contribution in [3.63, 3.8) is 0 Å². The minimum atomic E-state index is -0.965. The van der Waals surface area contributed by atoms with E-state index in [1.54, 1.807) is 28.9 Å². The lowest BCUT2D eigenvalue weighted by Crippen LogP contribution is -2.27. The number of aryl methyl sites for hydroxylation is 2. The Morgan fingerprint density at radius 1 is 1.14 bits per heavy atom. The molecule has 0 amide bonds. The minimum Gasteiger partial charge on any atom is -0.491 e. The number of benzene rings is 2. The van der Waals surface area contributed by atoms with Gasteiger partial charge in [-0.25, -0.2) is 9.48 Å². The number of nitrogens with zero attached hydrogens (tertiary/aromatic N) is 2. The molecule has 2 aromatic heterocycles. The third-order valence-electron chi connectivity index (χ3n) is 5.97. The van der Waals surface area contributed by atoms with E-state index in [1.807, 2.05) is 44.2 Å². The number of furan rings is 1. The fourth-order valence-electron chi connectivity index (χ4n) is 4.01. The molecule has 7 nitrogen and oxygen atoms in total. The molecule has 0 unspecified atom stereocenters. The van der Waals surface area contributed by atoms with E-state index in [-0.39, 0.29) is 5.56 Å². The quantitative estimate of drug-likeness (QED) is 0.314. The minimum absolute atomic E-state index is 0.225. The van der Waals surface area contributed by atoms with Gasteiger partial charge in [0.1, 0.15) is 18.1 Å². The van der Waals surface area contributed by atoms with E-state index in [9.17, 15) is 4.79 Å². The molecule has 190 valence electrons. The van der Waals surface area contributed by atoms with Crippen LogP contribution < -0.4 is 15.3 Å². The Balaban J connectivity index is 1.56. The Bertz CT molecular complexity index is 1540. The molecule has 0 radical (unpaired) electrons. The van der Waals surface area contributed by atoms with Crippen molar-refractivity contribution < 1.29 is 23.8 Å². The molecule has 0 saturated heterocycles. The lowest BCUT2D eigenvalue weighted by Gasteiger charge is -2.10. The van der Waals surface area contributed by atoms with Gasteiger partial charge in [0.2, 0.25) is 0 Å². The van der Waals surface area contributed by atoms with Crippen LogP contribution in [0.1, 0.15) is 52.5 Å². The van der Waals surface area contributed by atoms with Gasteiger partial charge in [-0.1, -0.05) is 26.1 Å². The van der Waals surface area contributed by atoms with E-state index < -0.39 is 5.97 Å². The van der Waals surface area contributed by atoms with Crippen molar-refractivity contribution in [2.75, 3.05) is 6.61 Å². The second kappa shape index (κ2) is 11.0. The summed E-state index contributed by atoms with van der Waals surface area (Å²) >= 11 is 0. The lowest BCUT2D eigenvalue weighted by atomic mass is 10.1. The molecule has 37 heavy (non-hydrogen) atoms. The molecule has 4 rings (SSSR count). The molecule has 0 fully saturated rings. The van der Waals surface area contributed by atoms with Crippen molar-refractivity contribution >= 4 is 24.4 Å². The Hall–Kier alpha value is -4.52. The number of hydrogen-bond acceptors (Lipinski definition) is 5. The molecule has 0 aliphatic heterocycles. The number of aromatic nitrogens is 2. The zero-order valence-electron chi connectivity index (χ0n) is 21.3. The molecule has 7 heteroatoms. The molecule has 2 heterocycles. The van der Waals surface area contributed by atoms with E-state index in [1.165, 1.54) is 0 Å². The summed E-state index contributed by atoms with van der Waals surface area (Å²) in [6, 6.07) is 16.3. The zero-order valence-corrected chi connectivity index (χ0v) is 21.3. The van der Waals surface area contributed by atoms with Crippen molar-refractivity contribution in [1.82, 2.24) is 9.78 Å². The second-order valence-corrected chi connectivity index (χ2v) is 8.49. The summed E-state index contributed by atoms with van der Waals surface area (Å²) in [4.78, 5) is 11.2. The summed E-state index contributed by atoms with van der Waals surface area (Å²) in [5.41, 5.74) is 3.88. The molecule has 0 spiro atoms. The van der Waals surface area contributed by atoms with Gasteiger partial charge >= 0.3 is 5.97 Å². The van der Waals surface area contributed by atoms with Gasteiger partial charge < -0.3 is 19.0 Å². The standard InChI is InChI=1S/C30H30N2O5/c1-6-23-16-22(8-14-29(23)36-18-26-13-15-28(37-26)21(5)35-7-2)17-27-19(3)31-32(20(27)4)25-11-9-24(10-12-25)30(33)34/h8-17H,4-7,18H2,1-3H3,(H,33,34)/b27-17-. The van der Waals surface area contributed by atoms with Gasteiger partial charge in [0.05, 0.1) is 28.9 Å². The van der Waals surface area contributed by atoms with Crippen molar-refractivity contribution in [2.24, 2.45) is 0 Å². The summed E-state index contributed by atoms with van der Waals surface area (Å²) in [5, 5.41) is 15.4. The van der Waals surface area contributed by atoms with Crippen molar-refractivity contribution in [2.45, 2.75) is 33.8 Å². The van der Waals surface area contributed by atoms with E-state index in [2.05, 4.69) is 31.2 Å². The Kier molecular flexibility index (Phi) is 7.63. The van der Waals surface area contributed by atoms with Gasteiger partial charge in [0.25, 0.3) is 0 Å². The van der Waals surface area contributed by atoms with Crippen LogP contribution in [0.2, 0.25) is 0 Å². The third-order valence-corrected chi connectivity index (χ3v) is 5.97. The van der Waals surface area contributed by atoms with Crippen LogP contribution in [-0.4, -0.2) is 27.5 Å². The van der Waals surface area contributed by atoms with Crippen LogP contribution in [0.15, 0.2) is 65.6 Å². The SMILES string of the molecule is C=C(OCC)c1ccc(COc2ccc(/C=c3/c(C)nn(-c4ccc(C(=O)O)cc4)c3=C)cc2CC)o1. The molecule has 0 bridgehead atoms. The predicted molar refractivity (Wildman–Crippen MR) is 143 cm³/mol. The highest BCUT2D eigenvalue weighted by Gasteiger charge is 2.10. The maximum Gasteiger partial charge on any atom is 0.335 e. The van der Waals surface area contributed by atoms with E-state index in [0.717, 1.165) is 45.2 Å². The van der Waals surface area contributed by atoms with Crippen LogP contribution in [-0.2, 0) is 17.8 Å². The van der Waals surface area contributed by atoms with Crippen LogP contribution in [0.3, 0.4) is 0 Å².